The summed E-state index contributed by atoms with van der Waals surface area (Å²) in [4.78, 5) is 36.6. The molecule has 1 N–H and O–H groups in total. The molecule has 25 heavy (non-hydrogen) atoms. The van der Waals surface area contributed by atoms with Gasteiger partial charge in [-0.2, -0.15) is 10.1 Å². The molecule has 1 heterocycles. The average molecular weight is 335 g/mol. The van der Waals surface area contributed by atoms with Crippen LogP contribution in [0.2, 0.25) is 0 Å². The first-order valence-electron chi connectivity index (χ1n) is 7.83. The van der Waals surface area contributed by atoms with Gasteiger partial charge in [-0.15, -0.1) is 0 Å². The fourth-order valence-electron chi connectivity index (χ4n) is 2.65. The minimum atomic E-state index is -0.985. The summed E-state index contributed by atoms with van der Waals surface area (Å²) in [5, 5.41) is 8.15. The van der Waals surface area contributed by atoms with Gasteiger partial charge in [-0.05, 0) is 38.1 Å². The Hall–Kier alpha value is -3.28. The molecule has 3 rings (SSSR count). The van der Waals surface area contributed by atoms with Gasteiger partial charge < -0.3 is 5.32 Å². The molecule has 2 aromatic rings. The van der Waals surface area contributed by atoms with Crippen molar-refractivity contribution in [3.05, 3.63) is 60.2 Å². The Labute approximate surface area is 145 Å². The van der Waals surface area contributed by atoms with Gasteiger partial charge in [-0.25, -0.2) is 0 Å². The highest BCUT2D eigenvalue weighted by Gasteiger charge is 2.39. The highest BCUT2D eigenvalue weighted by atomic mass is 16.2. The van der Waals surface area contributed by atoms with Crippen LogP contribution in [0, 0.1) is 5.92 Å². The molecule has 2 aromatic carbocycles. The van der Waals surface area contributed by atoms with Gasteiger partial charge in [-0.3, -0.25) is 14.4 Å². The van der Waals surface area contributed by atoms with Crippen molar-refractivity contribution in [2.45, 2.75) is 13.8 Å². The lowest BCUT2D eigenvalue weighted by atomic mass is 10.0. The molecular formula is C19H17N3O3. The topological polar surface area (TPSA) is 78.8 Å². The molecule has 0 fully saturated rings. The van der Waals surface area contributed by atoms with Gasteiger partial charge in [0.2, 0.25) is 5.91 Å². The van der Waals surface area contributed by atoms with Crippen LogP contribution in [0.15, 0.2) is 59.7 Å². The van der Waals surface area contributed by atoms with Gasteiger partial charge in [0.05, 0.1) is 11.4 Å². The number of nitrogens with one attached hydrogen (secondary N) is 1. The second-order valence-corrected chi connectivity index (χ2v) is 5.79. The van der Waals surface area contributed by atoms with E-state index in [1.165, 1.54) is 11.9 Å². The van der Waals surface area contributed by atoms with Crippen LogP contribution in [0.1, 0.15) is 24.2 Å². The highest BCUT2D eigenvalue weighted by molar-refractivity contribution is 6.28. The molecule has 6 nitrogen and oxygen atoms in total. The number of hydrazone groups is 1. The number of ketones is 1. The first kappa shape index (κ1) is 16.6. The molecule has 0 saturated carbocycles. The maximum atomic E-state index is 12.6. The number of amides is 2. The molecule has 0 unspecified atom stereocenters. The molecule has 1 atom stereocenters. The second kappa shape index (κ2) is 6.68. The summed E-state index contributed by atoms with van der Waals surface area (Å²) >= 11 is 0. The average Bonchev–Trinajstić information content (AvgIpc) is 2.90. The number of hydrogen-bond donors (Lipinski definition) is 1. The second-order valence-electron chi connectivity index (χ2n) is 5.79. The zero-order valence-electron chi connectivity index (χ0n) is 13.9. The summed E-state index contributed by atoms with van der Waals surface area (Å²) in [6.07, 6.45) is 0. The Morgan fingerprint density at radius 3 is 2.48 bits per heavy atom. The molecule has 2 amide bonds. The molecule has 1 aliphatic rings. The summed E-state index contributed by atoms with van der Waals surface area (Å²) in [5.74, 6) is -1.95. The fourth-order valence-corrected chi connectivity index (χ4v) is 2.65. The van der Waals surface area contributed by atoms with Crippen LogP contribution in [0.5, 0.6) is 0 Å². The van der Waals surface area contributed by atoms with Crippen molar-refractivity contribution in [3.8, 4) is 0 Å². The zero-order chi connectivity index (χ0) is 18.0. The number of carbonyl (C=O) groups excluding carboxylic acids is 3. The summed E-state index contributed by atoms with van der Waals surface area (Å²) < 4.78 is 0. The third kappa shape index (κ3) is 3.33. The number of anilines is 2. The normalized spacial score (nSPS) is 16.6. The van der Waals surface area contributed by atoms with E-state index in [0.717, 1.165) is 0 Å². The smallest absolute Gasteiger partial charge is 0.265 e. The molecule has 0 aliphatic carbocycles. The van der Waals surface area contributed by atoms with Crippen molar-refractivity contribution in [1.82, 2.24) is 0 Å². The van der Waals surface area contributed by atoms with Crippen LogP contribution >= 0.6 is 0 Å². The number of rotatable bonds is 4. The first-order chi connectivity index (χ1) is 12.0. The Morgan fingerprint density at radius 2 is 1.80 bits per heavy atom. The molecule has 0 radical (unpaired) electrons. The van der Waals surface area contributed by atoms with E-state index in [9.17, 15) is 14.4 Å². The number of carbonyl (C=O) groups is 3. The number of benzene rings is 2. The van der Waals surface area contributed by atoms with E-state index in [2.05, 4.69) is 10.4 Å². The lowest BCUT2D eigenvalue weighted by Crippen LogP contribution is -2.36. The van der Waals surface area contributed by atoms with Crippen molar-refractivity contribution >= 4 is 34.7 Å². The third-order valence-electron chi connectivity index (χ3n) is 3.93. The van der Waals surface area contributed by atoms with Crippen molar-refractivity contribution in [2.24, 2.45) is 11.0 Å². The predicted molar refractivity (Wildman–Crippen MR) is 95.6 cm³/mol. The van der Waals surface area contributed by atoms with Gasteiger partial charge in [0, 0.05) is 11.3 Å². The summed E-state index contributed by atoms with van der Waals surface area (Å²) in [5.41, 5.74) is 2.00. The van der Waals surface area contributed by atoms with Crippen LogP contribution in [0.25, 0.3) is 0 Å². The van der Waals surface area contributed by atoms with Gasteiger partial charge in [0.1, 0.15) is 0 Å². The van der Waals surface area contributed by atoms with E-state index >= 15 is 0 Å². The highest BCUT2D eigenvalue weighted by Crippen LogP contribution is 2.24. The molecule has 0 spiro atoms. The van der Waals surface area contributed by atoms with Gasteiger partial charge >= 0.3 is 0 Å². The van der Waals surface area contributed by atoms with Gasteiger partial charge in [0.15, 0.2) is 11.7 Å². The minimum absolute atomic E-state index is 0.0963. The van der Waals surface area contributed by atoms with Crippen LogP contribution in [-0.2, 0) is 9.59 Å². The first-order valence-corrected chi connectivity index (χ1v) is 7.83. The molecule has 6 heteroatoms. The predicted octanol–water partition coefficient (Wildman–Crippen LogP) is 2.87. The number of nitrogens with zero attached hydrogens (tertiary/aromatic N) is 2. The SMILES string of the molecule is CC(=O)c1cccc(NC(=O)[C@@H]2C(=O)N(c3ccccc3)N=C2C)c1. The van der Waals surface area contributed by atoms with Gasteiger partial charge in [0.25, 0.3) is 5.91 Å². The van der Waals surface area contributed by atoms with E-state index in [-0.39, 0.29) is 5.78 Å². The standard InChI is InChI=1S/C19H17N3O3/c1-12-17(19(25)22(21-12)16-9-4-3-5-10-16)18(24)20-15-8-6-7-14(11-15)13(2)23/h3-11,17H,1-2H3,(H,20,24)/t17-/m1/s1. The fraction of sp³-hybridized carbons (Fsp3) is 0.158. The van der Waals surface area contributed by atoms with Crippen molar-refractivity contribution in [1.29, 1.82) is 0 Å². The Balaban J connectivity index is 1.79. The lowest BCUT2D eigenvalue weighted by Gasteiger charge is -2.14. The number of para-hydroxylation sites is 1. The summed E-state index contributed by atoms with van der Waals surface area (Å²) in [6, 6.07) is 15.6. The molecular weight excluding hydrogens is 318 g/mol. The van der Waals surface area contributed by atoms with E-state index in [0.29, 0.717) is 22.6 Å². The molecule has 1 aliphatic heterocycles. The van der Waals surface area contributed by atoms with Crippen molar-refractivity contribution in [2.75, 3.05) is 10.3 Å². The minimum Gasteiger partial charge on any atom is -0.325 e. The summed E-state index contributed by atoms with van der Waals surface area (Å²) in [7, 11) is 0. The largest absolute Gasteiger partial charge is 0.325 e. The Kier molecular flexibility index (Phi) is 4.43. The van der Waals surface area contributed by atoms with Crippen LogP contribution in [0.4, 0.5) is 11.4 Å². The maximum absolute atomic E-state index is 12.6. The molecule has 0 bridgehead atoms. The maximum Gasteiger partial charge on any atom is 0.265 e. The Morgan fingerprint density at radius 1 is 1.08 bits per heavy atom. The van der Waals surface area contributed by atoms with Crippen molar-refractivity contribution < 1.29 is 14.4 Å². The van der Waals surface area contributed by atoms with E-state index in [1.54, 1.807) is 55.5 Å². The van der Waals surface area contributed by atoms with Crippen LogP contribution in [0.3, 0.4) is 0 Å². The third-order valence-corrected chi connectivity index (χ3v) is 3.93. The van der Waals surface area contributed by atoms with E-state index < -0.39 is 17.7 Å². The lowest BCUT2D eigenvalue weighted by molar-refractivity contribution is -0.127. The monoisotopic (exact) mass is 335 g/mol. The van der Waals surface area contributed by atoms with Crippen molar-refractivity contribution in [3.63, 3.8) is 0 Å². The summed E-state index contributed by atoms with van der Waals surface area (Å²) in [6.45, 7) is 3.10. The van der Waals surface area contributed by atoms with E-state index in [4.69, 9.17) is 0 Å². The van der Waals surface area contributed by atoms with Crippen LogP contribution in [-0.4, -0.2) is 23.3 Å². The van der Waals surface area contributed by atoms with Gasteiger partial charge in [-0.1, -0.05) is 30.3 Å². The molecule has 0 saturated heterocycles. The zero-order valence-corrected chi connectivity index (χ0v) is 13.9. The quantitative estimate of drug-likeness (QED) is 0.689. The number of hydrogen-bond acceptors (Lipinski definition) is 4. The molecule has 126 valence electrons. The Bertz CT molecular complexity index is 874. The van der Waals surface area contributed by atoms with Crippen LogP contribution < -0.4 is 10.3 Å². The number of Topliss-reactive ketones (excluding diaryl/α,β-unsaturated/α-hetero) is 1. The van der Waals surface area contributed by atoms with E-state index in [1.807, 2.05) is 6.07 Å². The molecule has 0 aromatic heterocycles.